The van der Waals surface area contributed by atoms with Crippen molar-refractivity contribution in [2.75, 3.05) is 26.2 Å². The topological polar surface area (TPSA) is 39.1 Å². The zero-order chi connectivity index (χ0) is 16.3. The van der Waals surface area contributed by atoms with E-state index in [0.717, 1.165) is 12.1 Å². The molecule has 0 aromatic heterocycles. The van der Waals surface area contributed by atoms with Crippen LogP contribution in [0.1, 0.15) is 23.6 Å². The van der Waals surface area contributed by atoms with E-state index >= 15 is 0 Å². The van der Waals surface area contributed by atoms with Crippen LogP contribution >= 0.6 is 36.4 Å². The van der Waals surface area contributed by atoms with Crippen molar-refractivity contribution in [2.45, 2.75) is 18.6 Å². The van der Waals surface area contributed by atoms with E-state index in [2.05, 4.69) is 5.32 Å². The lowest BCUT2D eigenvalue weighted by atomic mass is 9.95. The van der Waals surface area contributed by atoms with Crippen LogP contribution in [0, 0.1) is 17.1 Å². The van der Waals surface area contributed by atoms with E-state index in [1.165, 1.54) is 0 Å². The number of piperazine rings is 1. The number of nitrogens with zero attached hydrogens (tertiary/aromatic N) is 2. The van der Waals surface area contributed by atoms with Gasteiger partial charge >= 0.3 is 6.18 Å². The molecule has 2 rings (SSSR count). The highest BCUT2D eigenvalue weighted by atomic mass is 35.5. The van der Waals surface area contributed by atoms with Crippen molar-refractivity contribution in [2.24, 2.45) is 0 Å². The normalized spacial score (nSPS) is 16.5. The number of halogens is 7. The van der Waals surface area contributed by atoms with E-state index in [1.54, 1.807) is 4.90 Å². The summed E-state index contributed by atoms with van der Waals surface area (Å²) >= 11 is 5.66. The minimum atomic E-state index is -4.71. The molecule has 0 bridgehead atoms. The highest BCUT2D eigenvalue weighted by Crippen LogP contribution is 2.40. The van der Waals surface area contributed by atoms with Crippen LogP contribution in [0.2, 0.25) is 5.02 Å². The monoisotopic (exact) mass is 407 g/mol. The minimum absolute atomic E-state index is 0. The summed E-state index contributed by atoms with van der Waals surface area (Å²) in [7, 11) is 0. The zero-order valence-corrected chi connectivity index (χ0v) is 14.8. The molecule has 1 fully saturated rings. The van der Waals surface area contributed by atoms with Crippen molar-refractivity contribution in [3.8, 4) is 6.07 Å². The summed E-state index contributed by atoms with van der Waals surface area (Å²) in [5.74, 6) is -1.10. The van der Waals surface area contributed by atoms with Crippen LogP contribution in [0.25, 0.3) is 0 Å². The molecule has 136 valence electrons. The molecule has 24 heavy (non-hydrogen) atoms. The van der Waals surface area contributed by atoms with E-state index in [4.69, 9.17) is 16.9 Å². The van der Waals surface area contributed by atoms with Gasteiger partial charge in [0.2, 0.25) is 0 Å². The summed E-state index contributed by atoms with van der Waals surface area (Å²) in [5, 5.41) is 11.6. The van der Waals surface area contributed by atoms with Crippen molar-refractivity contribution in [1.82, 2.24) is 10.2 Å². The second-order valence-corrected chi connectivity index (χ2v) is 5.39. The largest absolute Gasteiger partial charge is 0.416 e. The Morgan fingerprint density at radius 1 is 1.25 bits per heavy atom. The summed E-state index contributed by atoms with van der Waals surface area (Å²) in [6.45, 7) is 2.03. The first-order valence-electron chi connectivity index (χ1n) is 6.73. The van der Waals surface area contributed by atoms with E-state index in [0.29, 0.717) is 26.2 Å². The fourth-order valence-electron chi connectivity index (χ4n) is 2.63. The number of benzene rings is 1. The third-order valence-electron chi connectivity index (χ3n) is 3.65. The van der Waals surface area contributed by atoms with Crippen LogP contribution in [-0.4, -0.2) is 31.1 Å². The Balaban J connectivity index is 0.00000264. The molecule has 1 heterocycles. The van der Waals surface area contributed by atoms with Gasteiger partial charge in [0.25, 0.3) is 0 Å². The molecule has 1 saturated heterocycles. The second kappa shape index (κ2) is 9.64. The average molecular weight is 409 g/mol. The first-order valence-corrected chi connectivity index (χ1v) is 7.11. The molecule has 1 aliphatic heterocycles. The van der Waals surface area contributed by atoms with Crippen LogP contribution in [0.15, 0.2) is 12.1 Å². The molecule has 3 nitrogen and oxygen atoms in total. The van der Waals surface area contributed by atoms with Gasteiger partial charge in [-0.2, -0.15) is 18.4 Å². The predicted molar refractivity (Wildman–Crippen MR) is 88.3 cm³/mol. The van der Waals surface area contributed by atoms with Crippen LogP contribution in [0.4, 0.5) is 17.6 Å². The SMILES string of the molecule is Cl.Cl.N#CC[C@H](c1c(C(F)(F)F)ccc(Cl)c1F)N1CCNCC1. The molecule has 1 aromatic carbocycles. The maximum Gasteiger partial charge on any atom is 0.416 e. The Morgan fingerprint density at radius 2 is 1.83 bits per heavy atom. The number of alkyl halides is 3. The highest BCUT2D eigenvalue weighted by Gasteiger charge is 2.39. The summed E-state index contributed by atoms with van der Waals surface area (Å²) in [6.07, 6.45) is -4.94. The van der Waals surface area contributed by atoms with Crippen LogP contribution < -0.4 is 5.32 Å². The molecular weight excluding hydrogens is 393 g/mol. The third kappa shape index (κ3) is 5.11. The van der Waals surface area contributed by atoms with Gasteiger partial charge in [-0.3, -0.25) is 4.90 Å². The number of hydrogen-bond acceptors (Lipinski definition) is 3. The van der Waals surface area contributed by atoms with Crippen molar-refractivity contribution < 1.29 is 17.6 Å². The molecule has 0 spiro atoms. The molecule has 0 aliphatic carbocycles. The van der Waals surface area contributed by atoms with Gasteiger partial charge in [0.05, 0.1) is 29.1 Å². The van der Waals surface area contributed by atoms with Gasteiger partial charge in [-0.25, -0.2) is 4.39 Å². The average Bonchev–Trinajstić information content (AvgIpc) is 2.47. The van der Waals surface area contributed by atoms with Gasteiger partial charge in [0.1, 0.15) is 5.82 Å². The summed E-state index contributed by atoms with van der Waals surface area (Å²) in [4.78, 5) is 1.68. The highest BCUT2D eigenvalue weighted by molar-refractivity contribution is 6.30. The fraction of sp³-hybridized carbons (Fsp3) is 0.500. The van der Waals surface area contributed by atoms with Crippen molar-refractivity contribution in [1.29, 1.82) is 5.26 Å². The summed E-state index contributed by atoms with van der Waals surface area (Å²) in [6, 6.07) is 2.54. The Hall–Kier alpha value is -0.780. The first kappa shape index (κ1) is 23.2. The molecule has 1 atom stereocenters. The van der Waals surface area contributed by atoms with E-state index < -0.39 is 29.2 Å². The lowest BCUT2D eigenvalue weighted by molar-refractivity contribution is -0.139. The van der Waals surface area contributed by atoms with Crippen LogP contribution in [0.3, 0.4) is 0 Å². The van der Waals surface area contributed by atoms with Crippen molar-refractivity contribution >= 4 is 36.4 Å². The number of nitrogens with one attached hydrogen (secondary N) is 1. The number of rotatable bonds is 3. The molecule has 0 radical (unpaired) electrons. The fourth-order valence-corrected chi connectivity index (χ4v) is 2.80. The first-order chi connectivity index (χ1) is 10.4. The molecule has 0 saturated carbocycles. The molecule has 0 unspecified atom stereocenters. The number of nitriles is 1. The molecular formula is C14H16Cl3F4N3. The number of hydrogen-bond donors (Lipinski definition) is 1. The lowest BCUT2D eigenvalue weighted by Crippen LogP contribution is -2.45. The maximum absolute atomic E-state index is 14.3. The summed E-state index contributed by atoms with van der Waals surface area (Å²) < 4.78 is 54.0. The standard InChI is InChI=1S/C14H14ClF4N3.2ClH/c15-10-2-1-9(14(17,18)19)12(13(10)16)11(3-4-20)22-7-5-21-6-8-22;;/h1-2,11,21H,3,5-8H2;2*1H/t11-;;/m1../s1. The van der Waals surface area contributed by atoms with E-state index in [1.807, 2.05) is 6.07 Å². The second-order valence-electron chi connectivity index (χ2n) is 4.98. The predicted octanol–water partition coefficient (Wildman–Crippen LogP) is 4.20. The Kier molecular flexibility index (Phi) is 9.32. The maximum atomic E-state index is 14.3. The zero-order valence-electron chi connectivity index (χ0n) is 12.4. The van der Waals surface area contributed by atoms with E-state index in [9.17, 15) is 17.6 Å². The molecule has 1 N–H and O–H groups in total. The molecule has 1 aromatic rings. The van der Waals surface area contributed by atoms with Gasteiger partial charge in [-0.15, -0.1) is 24.8 Å². The molecule has 0 amide bonds. The van der Waals surface area contributed by atoms with Crippen LogP contribution in [0.5, 0.6) is 0 Å². The Morgan fingerprint density at radius 3 is 2.33 bits per heavy atom. The quantitative estimate of drug-likeness (QED) is 0.762. The van der Waals surface area contributed by atoms with E-state index in [-0.39, 0.29) is 36.3 Å². The summed E-state index contributed by atoms with van der Waals surface area (Å²) in [5.41, 5.74) is -1.61. The lowest BCUT2D eigenvalue weighted by Gasteiger charge is -2.35. The van der Waals surface area contributed by atoms with Gasteiger partial charge in [0.15, 0.2) is 0 Å². The Labute approximate surface area is 154 Å². The van der Waals surface area contributed by atoms with Gasteiger partial charge in [-0.1, -0.05) is 11.6 Å². The van der Waals surface area contributed by atoms with Gasteiger partial charge in [-0.05, 0) is 12.1 Å². The molecule has 1 aliphatic rings. The molecule has 10 heteroatoms. The Bertz CT molecular complexity index is 584. The van der Waals surface area contributed by atoms with Crippen molar-refractivity contribution in [3.05, 3.63) is 34.1 Å². The third-order valence-corrected chi connectivity index (χ3v) is 3.94. The van der Waals surface area contributed by atoms with Crippen molar-refractivity contribution in [3.63, 3.8) is 0 Å². The van der Waals surface area contributed by atoms with Crippen LogP contribution in [-0.2, 0) is 6.18 Å². The minimum Gasteiger partial charge on any atom is -0.314 e. The smallest absolute Gasteiger partial charge is 0.314 e. The van der Waals surface area contributed by atoms with Gasteiger partial charge in [0, 0.05) is 31.7 Å². The van der Waals surface area contributed by atoms with Gasteiger partial charge < -0.3 is 5.32 Å².